The summed E-state index contributed by atoms with van der Waals surface area (Å²) in [6, 6.07) is 5.12. The fraction of sp³-hybridized carbons (Fsp3) is 0.467. The standard InChI is InChI=1S/C15H22N4O5S/c16-15-14-11(17-25(22,23)18-15)4-1-5-12(14)24-9-10-3-2-6-19(7-10)13(21)8-20/h1,4-5,10,17,20,22-23H,2-3,6-9H2,(H2,16,18). The van der Waals surface area contributed by atoms with Gasteiger partial charge in [0.25, 0.3) is 0 Å². The molecule has 3 rings (SSSR count). The number of hydrogen-bond acceptors (Lipinski definition) is 8. The zero-order chi connectivity index (χ0) is 18.0. The first-order valence-corrected chi connectivity index (χ1v) is 9.46. The Balaban J connectivity index is 1.70. The first-order valence-electron chi connectivity index (χ1n) is 7.96. The molecule has 10 heteroatoms. The predicted octanol–water partition coefficient (Wildman–Crippen LogP) is 1.01. The van der Waals surface area contributed by atoms with Gasteiger partial charge in [-0.05, 0) is 35.9 Å². The molecule has 2 heterocycles. The number of aliphatic hydroxyl groups is 1. The van der Waals surface area contributed by atoms with Crippen molar-refractivity contribution in [1.82, 2.24) is 4.90 Å². The minimum Gasteiger partial charge on any atom is -0.492 e. The van der Waals surface area contributed by atoms with Crippen molar-refractivity contribution in [3.05, 3.63) is 23.8 Å². The lowest BCUT2D eigenvalue weighted by Gasteiger charge is -2.34. The molecule has 1 atom stereocenters. The highest BCUT2D eigenvalue weighted by Gasteiger charge is 2.27. The number of aliphatic hydroxyl groups excluding tert-OH is 1. The molecule has 2 aliphatic rings. The van der Waals surface area contributed by atoms with Gasteiger partial charge < -0.3 is 20.5 Å². The summed E-state index contributed by atoms with van der Waals surface area (Å²) in [6.07, 6.45) is 1.78. The minimum atomic E-state index is -3.33. The van der Waals surface area contributed by atoms with Gasteiger partial charge in [-0.2, -0.15) is 0 Å². The van der Waals surface area contributed by atoms with E-state index in [0.717, 1.165) is 12.8 Å². The van der Waals surface area contributed by atoms with Gasteiger partial charge in [-0.15, -0.1) is 4.40 Å². The molecular formula is C15H22N4O5S. The molecule has 0 radical (unpaired) electrons. The molecule has 1 aromatic carbocycles. The van der Waals surface area contributed by atoms with E-state index < -0.39 is 17.6 Å². The monoisotopic (exact) mass is 370 g/mol. The SMILES string of the molecule is NC1=NS(O)(O)Nc2cccc(OCC3CCCN(C(=O)CO)C3)c21. The zero-order valence-corrected chi connectivity index (χ0v) is 14.4. The smallest absolute Gasteiger partial charge is 0.248 e. The average molecular weight is 370 g/mol. The summed E-state index contributed by atoms with van der Waals surface area (Å²) in [6.45, 7) is 1.09. The van der Waals surface area contributed by atoms with E-state index in [4.69, 9.17) is 15.6 Å². The molecule has 2 aliphatic heterocycles. The van der Waals surface area contributed by atoms with Crippen molar-refractivity contribution in [1.29, 1.82) is 0 Å². The van der Waals surface area contributed by atoms with Gasteiger partial charge in [0.2, 0.25) is 5.91 Å². The maximum atomic E-state index is 11.6. The third-order valence-electron chi connectivity index (χ3n) is 4.24. The minimum absolute atomic E-state index is 0.00470. The van der Waals surface area contributed by atoms with E-state index in [1.54, 1.807) is 23.1 Å². The van der Waals surface area contributed by atoms with Crippen LogP contribution in [-0.2, 0) is 4.79 Å². The number of anilines is 1. The molecule has 25 heavy (non-hydrogen) atoms. The summed E-state index contributed by atoms with van der Waals surface area (Å²) >= 11 is 0. The summed E-state index contributed by atoms with van der Waals surface area (Å²) in [5, 5.41) is 8.99. The number of nitrogens with zero attached hydrogens (tertiary/aromatic N) is 2. The van der Waals surface area contributed by atoms with Crippen LogP contribution < -0.4 is 15.2 Å². The van der Waals surface area contributed by atoms with Crippen molar-refractivity contribution in [2.24, 2.45) is 16.0 Å². The second-order valence-corrected chi connectivity index (χ2v) is 7.52. The van der Waals surface area contributed by atoms with Gasteiger partial charge >= 0.3 is 0 Å². The number of carbonyl (C=O) groups is 1. The zero-order valence-electron chi connectivity index (χ0n) is 13.6. The molecule has 0 saturated carbocycles. The molecule has 138 valence electrons. The van der Waals surface area contributed by atoms with Crippen molar-refractivity contribution in [2.75, 3.05) is 31.0 Å². The topological polar surface area (TPSA) is 141 Å². The van der Waals surface area contributed by atoms with Crippen molar-refractivity contribution in [3.63, 3.8) is 0 Å². The fourth-order valence-electron chi connectivity index (χ4n) is 3.09. The number of carbonyl (C=O) groups excluding carboxylic acids is 1. The van der Waals surface area contributed by atoms with Crippen LogP contribution in [0.3, 0.4) is 0 Å². The summed E-state index contributed by atoms with van der Waals surface area (Å²) in [7, 11) is -3.33. The van der Waals surface area contributed by atoms with Crippen LogP contribution in [0.5, 0.6) is 5.75 Å². The Morgan fingerprint density at radius 1 is 1.48 bits per heavy atom. The van der Waals surface area contributed by atoms with Crippen LogP contribution in [0.15, 0.2) is 22.6 Å². The third kappa shape index (κ3) is 3.98. The van der Waals surface area contributed by atoms with Crippen molar-refractivity contribution < 1.29 is 23.7 Å². The van der Waals surface area contributed by atoms with Gasteiger partial charge in [-0.3, -0.25) is 18.6 Å². The number of hydrogen-bond donors (Lipinski definition) is 5. The van der Waals surface area contributed by atoms with E-state index in [-0.39, 0.29) is 17.7 Å². The highest BCUT2D eigenvalue weighted by atomic mass is 32.3. The first kappa shape index (κ1) is 17.8. The number of nitrogens with one attached hydrogen (secondary N) is 1. The molecule has 0 spiro atoms. The largest absolute Gasteiger partial charge is 0.492 e. The number of fused-ring (bicyclic) bond motifs is 1. The number of piperidine rings is 1. The number of benzene rings is 1. The number of amides is 1. The van der Waals surface area contributed by atoms with Gasteiger partial charge in [-0.1, -0.05) is 6.07 Å². The van der Waals surface area contributed by atoms with E-state index in [0.29, 0.717) is 36.7 Å². The number of rotatable bonds is 4. The highest BCUT2D eigenvalue weighted by Crippen LogP contribution is 2.46. The van der Waals surface area contributed by atoms with Crippen LogP contribution >= 0.6 is 11.0 Å². The summed E-state index contributed by atoms with van der Waals surface area (Å²) in [5.74, 6) is 0.375. The molecule has 1 saturated heterocycles. The predicted molar refractivity (Wildman–Crippen MR) is 95.5 cm³/mol. The lowest BCUT2D eigenvalue weighted by Crippen LogP contribution is -2.42. The second kappa shape index (κ2) is 7.08. The van der Waals surface area contributed by atoms with Crippen LogP contribution in [0.2, 0.25) is 0 Å². The molecule has 6 N–H and O–H groups in total. The molecule has 1 unspecified atom stereocenters. The fourth-order valence-corrected chi connectivity index (χ4v) is 3.97. The van der Waals surface area contributed by atoms with Crippen LogP contribution in [0.4, 0.5) is 5.69 Å². The van der Waals surface area contributed by atoms with Gasteiger partial charge in [-0.25, -0.2) is 0 Å². The van der Waals surface area contributed by atoms with Crippen molar-refractivity contribution in [2.45, 2.75) is 12.8 Å². The van der Waals surface area contributed by atoms with Crippen LogP contribution in [-0.4, -0.2) is 57.2 Å². The summed E-state index contributed by atoms with van der Waals surface area (Å²) < 4.78 is 31.5. The summed E-state index contributed by atoms with van der Waals surface area (Å²) in [4.78, 5) is 13.3. The van der Waals surface area contributed by atoms with Crippen molar-refractivity contribution >= 4 is 28.4 Å². The maximum absolute atomic E-state index is 11.6. The van der Waals surface area contributed by atoms with E-state index in [9.17, 15) is 13.9 Å². The molecule has 1 amide bonds. The van der Waals surface area contributed by atoms with Crippen LogP contribution in [0, 0.1) is 5.92 Å². The number of ether oxygens (including phenoxy) is 1. The molecule has 1 fully saturated rings. The number of nitrogens with two attached hydrogens (primary N) is 1. The molecular weight excluding hydrogens is 348 g/mol. The Kier molecular flexibility index (Phi) is 5.04. The van der Waals surface area contributed by atoms with Gasteiger partial charge in [0.15, 0.2) is 5.84 Å². The average Bonchev–Trinajstić information content (AvgIpc) is 2.58. The Morgan fingerprint density at radius 3 is 3.04 bits per heavy atom. The maximum Gasteiger partial charge on any atom is 0.248 e. The van der Waals surface area contributed by atoms with E-state index in [2.05, 4.69) is 9.12 Å². The summed E-state index contributed by atoms with van der Waals surface area (Å²) in [5.41, 5.74) is 6.80. The lowest BCUT2D eigenvalue weighted by atomic mass is 9.99. The van der Waals surface area contributed by atoms with Crippen LogP contribution in [0.1, 0.15) is 18.4 Å². The molecule has 0 aliphatic carbocycles. The second-order valence-electron chi connectivity index (χ2n) is 6.09. The van der Waals surface area contributed by atoms with Gasteiger partial charge in [0.05, 0.1) is 17.9 Å². The quantitative estimate of drug-likeness (QED) is 0.532. The Hall–Kier alpha value is -2.01. The van der Waals surface area contributed by atoms with Gasteiger partial charge in [0, 0.05) is 19.0 Å². The van der Waals surface area contributed by atoms with E-state index in [1.807, 2.05) is 0 Å². The molecule has 1 aromatic rings. The Bertz CT molecular complexity index is 696. The van der Waals surface area contributed by atoms with Gasteiger partial charge in [0.1, 0.15) is 12.4 Å². The van der Waals surface area contributed by atoms with E-state index in [1.165, 1.54) is 0 Å². The number of likely N-dealkylation sites (tertiary alicyclic amines) is 1. The third-order valence-corrected chi connectivity index (χ3v) is 5.18. The molecule has 0 bridgehead atoms. The first-order chi connectivity index (χ1) is 11.9. The van der Waals surface area contributed by atoms with Crippen molar-refractivity contribution in [3.8, 4) is 5.75 Å². The normalized spacial score (nSPS) is 23.1. The molecule has 0 aromatic heterocycles. The highest BCUT2D eigenvalue weighted by molar-refractivity contribution is 8.24. The van der Waals surface area contributed by atoms with E-state index >= 15 is 0 Å². The Labute approximate surface area is 147 Å². The number of amidine groups is 1. The Morgan fingerprint density at radius 2 is 2.28 bits per heavy atom. The molecule has 9 nitrogen and oxygen atoms in total. The lowest BCUT2D eigenvalue weighted by molar-refractivity contribution is -0.136. The van der Waals surface area contributed by atoms with Crippen LogP contribution in [0.25, 0.3) is 0 Å².